The molecule has 0 spiro atoms. The zero-order valence-corrected chi connectivity index (χ0v) is 6.89. The summed E-state index contributed by atoms with van der Waals surface area (Å²) in [6, 6.07) is 0. The third kappa shape index (κ3) is 2.27. The van der Waals surface area contributed by atoms with E-state index in [1.807, 2.05) is 0 Å². The van der Waals surface area contributed by atoms with Crippen LogP contribution in [0.2, 0.25) is 0 Å². The van der Waals surface area contributed by atoms with Gasteiger partial charge in [0.15, 0.2) is 0 Å². The van der Waals surface area contributed by atoms with Crippen LogP contribution in [0.5, 0.6) is 0 Å². The number of hydrogen-bond acceptors (Lipinski definition) is 2. The zero-order chi connectivity index (χ0) is 7.40. The van der Waals surface area contributed by atoms with Gasteiger partial charge in [0.1, 0.15) is 0 Å². The summed E-state index contributed by atoms with van der Waals surface area (Å²) in [5, 5.41) is 3.29. The van der Waals surface area contributed by atoms with Gasteiger partial charge < -0.3 is 10.1 Å². The van der Waals surface area contributed by atoms with Crippen LogP contribution < -0.4 is 5.32 Å². The van der Waals surface area contributed by atoms with Gasteiger partial charge in [-0.15, -0.1) is 0 Å². The first-order chi connectivity index (χ1) is 4.83. The van der Waals surface area contributed by atoms with E-state index in [0.29, 0.717) is 6.10 Å². The van der Waals surface area contributed by atoms with E-state index in [1.54, 1.807) is 0 Å². The Bertz CT molecular complexity index is 95.3. The SMILES string of the molecule is CCNC[C@@H]1CC(C)CO1. The van der Waals surface area contributed by atoms with Gasteiger partial charge in [-0.25, -0.2) is 0 Å². The van der Waals surface area contributed by atoms with E-state index in [4.69, 9.17) is 4.74 Å². The Balaban J connectivity index is 2.06. The van der Waals surface area contributed by atoms with Crippen molar-refractivity contribution in [2.45, 2.75) is 26.4 Å². The molecule has 1 N–H and O–H groups in total. The van der Waals surface area contributed by atoms with Crippen LogP contribution in [-0.4, -0.2) is 25.8 Å². The number of ether oxygens (including phenoxy) is 1. The van der Waals surface area contributed by atoms with Gasteiger partial charge in [-0.3, -0.25) is 0 Å². The normalized spacial score (nSPS) is 33.0. The van der Waals surface area contributed by atoms with E-state index in [1.165, 1.54) is 6.42 Å². The number of nitrogens with one attached hydrogen (secondary N) is 1. The van der Waals surface area contributed by atoms with Crippen LogP contribution in [0.4, 0.5) is 0 Å². The second-order valence-corrected chi connectivity index (χ2v) is 3.10. The molecule has 1 heterocycles. The smallest absolute Gasteiger partial charge is 0.0702 e. The fourth-order valence-electron chi connectivity index (χ4n) is 1.33. The molecule has 0 amide bonds. The van der Waals surface area contributed by atoms with E-state index in [0.717, 1.165) is 25.6 Å². The van der Waals surface area contributed by atoms with Crippen molar-refractivity contribution < 1.29 is 4.74 Å². The summed E-state index contributed by atoms with van der Waals surface area (Å²) in [7, 11) is 0. The Morgan fingerprint density at radius 1 is 1.60 bits per heavy atom. The molecule has 0 aliphatic carbocycles. The molecular weight excluding hydrogens is 126 g/mol. The highest BCUT2D eigenvalue weighted by Crippen LogP contribution is 2.17. The van der Waals surface area contributed by atoms with Gasteiger partial charge >= 0.3 is 0 Å². The second kappa shape index (κ2) is 3.94. The van der Waals surface area contributed by atoms with E-state index in [2.05, 4.69) is 19.2 Å². The molecule has 0 saturated carbocycles. The lowest BCUT2D eigenvalue weighted by molar-refractivity contribution is 0.107. The number of hydrogen-bond donors (Lipinski definition) is 1. The van der Waals surface area contributed by atoms with Crippen molar-refractivity contribution >= 4 is 0 Å². The first-order valence-electron chi connectivity index (χ1n) is 4.15. The fourth-order valence-corrected chi connectivity index (χ4v) is 1.33. The molecule has 0 radical (unpaired) electrons. The standard InChI is InChI=1S/C8H17NO/c1-3-9-5-8-4-7(2)6-10-8/h7-9H,3-6H2,1-2H3/t7?,8-/m0/s1. The summed E-state index contributed by atoms with van der Waals surface area (Å²) in [4.78, 5) is 0. The van der Waals surface area contributed by atoms with E-state index in [9.17, 15) is 0 Å². The summed E-state index contributed by atoms with van der Waals surface area (Å²) in [6.07, 6.45) is 1.71. The van der Waals surface area contributed by atoms with Crippen molar-refractivity contribution in [2.24, 2.45) is 5.92 Å². The molecule has 1 rings (SSSR count). The van der Waals surface area contributed by atoms with E-state index in [-0.39, 0.29) is 0 Å². The average Bonchev–Trinajstić information content (AvgIpc) is 2.31. The third-order valence-electron chi connectivity index (χ3n) is 1.90. The van der Waals surface area contributed by atoms with Gasteiger partial charge in [0.05, 0.1) is 6.10 Å². The van der Waals surface area contributed by atoms with Crippen LogP contribution in [0.15, 0.2) is 0 Å². The summed E-state index contributed by atoms with van der Waals surface area (Å²) < 4.78 is 5.50. The van der Waals surface area contributed by atoms with Crippen molar-refractivity contribution in [2.75, 3.05) is 19.7 Å². The van der Waals surface area contributed by atoms with Gasteiger partial charge in [-0.05, 0) is 18.9 Å². The Labute approximate surface area is 63.0 Å². The second-order valence-electron chi connectivity index (χ2n) is 3.10. The quantitative estimate of drug-likeness (QED) is 0.637. The topological polar surface area (TPSA) is 21.3 Å². The monoisotopic (exact) mass is 143 g/mol. The first kappa shape index (κ1) is 8.02. The summed E-state index contributed by atoms with van der Waals surface area (Å²) in [6.45, 7) is 7.40. The molecule has 1 aliphatic rings. The van der Waals surface area contributed by atoms with Crippen molar-refractivity contribution in [3.8, 4) is 0 Å². The zero-order valence-electron chi connectivity index (χ0n) is 6.89. The molecule has 0 bridgehead atoms. The lowest BCUT2D eigenvalue weighted by Gasteiger charge is -2.08. The highest BCUT2D eigenvalue weighted by Gasteiger charge is 2.20. The first-order valence-corrected chi connectivity index (χ1v) is 4.15. The molecule has 1 fully saturated rings. The summed E-state index contributed by atoms with van der Waals surface area (Å²) in [5.41, 5.74) is 0. The van der Waals surface area contributed by atoms with E-state index >= 15 is 0 Å². The van der Waals surface area contributed by atoms with Crippen molar-refractivity contribution in [1.29, 1.82) is 0 Å². The van der Waals surface area contributed by atoms with Crippen LogP contribution >= 0.6 is 0 Å². The third-order valence-corrected chi connectivity index (χ3v) is 1.90. The van der Waals surface area contributed by atoms with Crippen LogP contribution in [0.25, 0.3) is 0 Å². The molecular formula is C8H17NO. The van der Waals surface area contributed by atoms with Crippen LogP contribution in [0.1, 0.15) is 20.3 Å². The number of rotatable bonds is 3. The maximum Gasteiger partial charge on any atom is 0.0702 e. The fraction of sp³-hybridized carbons (Fsp3) is 1.00. The van der Waals surface area contributed by atoms with Gasteiger partial charge in [-0.1, -0.05) is 13.8 Å². The molecule has 2 heteroatoms. The highest BCUT2D eigenvalue weighted by molar-refractivity contribution is 4.71. The molecule has 2 atom stereocenters. The Morgan fingerprint density at radius 2 is 2.40 bits per heavy atom. The minimum Gasteiger partial charge on any atom is -0.377 e. The molecule has 1 aliphatic heterocycles. The molecule has 2 nitrogen and oxygen atoms in total. The average molecular weight is 143 g/mol. The summed E-state index contributed by atoms with van der Waals surface area (Å²) in [5.74, 6) is 0.767. The van der Waals surface area contributed by atoms with Crippen LogP contribution in [0.3, 0.4) is 0 Å². The lowest BCUT2D eigenvalue weighted by Crippen LogP contribution is -2.25. The molecule has 10 heavy (non-hydrogen) atoms. The van der Waals surface area contributed by atoms with Crippen LogP contribution in [-0.2, 0) is 4.74 Å². The van der Waals surface area contributed by atoms with E-state index < -0.39 is 0 Å². The molecule has 1 unspecified atom stereocenters. The lowest BCUT2D eigenvalue weighted by atomic mass is 10.1. The van der Waals surface area contributed by atoms with Gasteiger partial charge in [-0.2, -0.15) is 0 Å². The Morgan fingerprint density at radius 3 is 2.90 bits per heavy atom. The van der Waals surface area contributed by atoms with Crippen LogP contribution in [0, 0.1) is 5.92 Å². The maximum atomic E-state index is 5.50. The summed E-state index contributed by atoms with van der Waals surface area (Å²) >= 11 is 0. The Kier molecular flexibility index (Phi) is 3.16. The molecule has 0 aromatic rings. The predicted molar refractivity (Wildman–Crippen MR) is 42.1 cm³/mol. The number of likely N-dealkylation sites (N-methyl/N-ethyl adjacent to an activating group) is 1. The predicted octanol–water partition coefficient (Wildman–Crippen LogP) is 1.02. The maximum absolute atomic E-state index is 5.50. The van der Waals surface area contributed by atoms with Gasteiger partial charge in [0.25, 0.3) is 0 Å². The largest absolute Gasteiger partial charge is 0.377 e. The van der Waals surface area contributed by atoms with Gasteiger partial charge in [0, 0.05) is 13.2 Å². The minimum absolute atomic E-state index is 0.481. The molecule has 0 aromatic heterocycles. The van der Waals surface area contributed by atoms with Gasteiger partial charge in [0.2, 0.25) is 0 Å². The minimum atomic E-state index is 0.481. The molecule has 1 saturated heterocycles. The van der Waals surface area contributed by atoms with Crippen molar-refractivity contribution in [1.82, 2.24) is 5.32 Å². The van der Waals surface area contributed by atoms with Crippen molar-refractivity contribution in [3.63, 3.8) is 0 Å². The van der Waals surface area contributed by atoms with Crippen molar-refractivity contribution in [3.05, 3.63) is 0 Å². The highest BCUT2D eigenvalue weighted by atomic mass is 16.5. The molecule has 0 aromatic carbocycles. The Hall–Kier alpha value is -0.0800. The molecule has 60 valence electrons.